The van der Waals surface area contributed by atoms with Gasteiger partial charge in [0.25, 0.3) is 11.8 Å². The predicted octanol–water partition coefficient (Wildman–Crippen LogP) is 1.44. The summed E-state index contributed by atoms with van der Waals surface area (Å²) in [5.74, 6) is -3.61. The van der Waals surface area contributed by atoms with Crippen LogP contribution in [0.15, 0.2) is 30.3 Å². The molecule has 1 fully saturated rings. The number of halogens is 4. The van der Waals surface area contributed by atoms with Gasteiger partial charge >= 0.3 is 0 Å². The maximum absolute atomic E-state index is 13.1. The van der Waals surface area contributed by atoms with Crippen molar-refractivity contribution < 1.29 is 18.3 Å². The van der Waals surface area contributed by atoms with Crippen molar-refractivity contribution in [1.29, 1.82) is 0 Å². The van der Waals surface area contributed by atoms with Crippen LogP contribution in [0.4, 0.5) is 8.78 Å². The lowest BCUT2D eigenvalue weighted by Crippen LogP contribution is -2.52. The number of hydrogen-bond donors (Lipinski definition) is 2. The number of alkyl halides is 2. The molecule has 138 valence electrons. The van der Waals surface area contributed by atoms with E-state index in [1.165, 1.54) is 0 Å². The number of morpholine rings is 1. The molecule has 0 bridgehead atoms. The second-order valence-electron chi connectivity index (χ2n) is 5.36. The standard InChI is InChI=1S/C15H21F2N3O2.2ClH/c16-15(17,10-18)11-19-14(21)13-9-20(6-7-22-13)8-12-4-2-1-3-5-12;;/h1-5,13H,6-11,18H2,(H,19,21);2*1H. The van der Waals surface area contributed by atoms with E-state index in [4.69, 9.17) is 10.5 Å². The molecule has 24 heavy (non-hydrogen) atoms. The molecule has 3 N–H and O–H groups in total. The highest BCUT2D eigenvalue weighted by Gasteiger charge is 2.31. The first kappa shape index (κ1) is 23.0. The SMILES string of the molecule is Cl.Cl.NCC(F)(F)CNC(=O)C1CN(Cc2ccccc2)CCO1. The molecule has 1 aliphatic heterocycles. The van der Waals surface area contributed by atoms with Gasteiger partial charge in [-0.1, -0.05) is 30.3 Å². The Balaban J connectivity index is 0.00000264. The van der Waals surface area contributed by atoms with Crippen LogP contribution in [0.5, 0.6) is 0 Å². The number of hydrogen-bond acceptors (Lipinski definition) is 4. The highest BCUT2D eigenvalue weighted by molar-refractivity contribution is 5.85. The van der Waals surface area contributed by atoms with E-state index in [0.29, 0.717) is 26.2 Å². The van der Waals surface area contributed by atoms with Gasteiger partial charge in [0.05, 0.1) is 19.7 Å². The van der Waals surface area contributed by atoms with Crippen molar-refractivity contribution in [3.05, 3.63) is 35.9 Å². The topological polar surface area (TPSA) is 67.6 Å². The fraction of sp³-hybridized carbons (Fsp3) is 0.533. The third-order valence-corrected chi connectivity index (χ3v) is 3.51. The minimum Gasteiger partial charge on any atom is -0.366 e. The molecule has 1 saturated heterocycles. The van der Waals surface area contributed by atoms with Crippen molar-refractivity contribution in [2.45, 2.75) is 18.6 Å². The van der Waals surface area contributed by atoms with Crippen LogP contribution in [0, 0.1) is 0 Å². The van der Waals surface area contributed by atoms with Crippen LogP contribution in [0.3, 0.4) is 0 Å². The zero-order valence-electron chi connectivity index (χ0n) is 13.1. The smallest absolute Gasteiger partial charge is 0.277 e. The number of benzene rings is 1. The molecule has 1 atom stereocenters. The van der Waals surface area contributed by atoms with Crippen molar-refractivity contribution in [3.8, 4) is 0 Å². The molecule has 0 spiro atoms. The molecule has 0 aliphatic carbocycles. The summed E-state index contributed by atoms with van der Waals surface area (Å²) in [6.07, 6.45) is -0.731. The maximum atomic E-state index is 13.1. The molecule has 0 saturated carbocycles. The summed E-state index contributed by atoms with van der Waals surface area (Å²) in [7, 11) is 0. The van der Waals surface area contributed by atoms with Crippen molar-refractivity contribution in [3.63, 3.8) is 0 Å². The van der Waals surface area contributed by atoms with Crippen LogP contribution >= 0.6 is 24.8 Å². The second kappa shape index (κ2) is 10.8. The van der Waals surface area contributed by atoms with E-state index >= 15 is 0 Å². The number of nitrogens with zero attached hydrogens (tertiary/aromatic N) is 1. The number of carbonyl (C=O) groups excluding carboxylic acids is 1. The molecule has 0 aromatic heterocycles. The molecular weight excluding hydrogens is 363 g/mol. The van der Waals surface area contributed by atoms with Gasteiger partial charge in [-0.3, -0.25) is 9.69 Å². The molecule has 5 nitrogen and oxygen atoms in total. The summed E-state index contributed by atoms with van der Waals surface area (Å²) in [5.41, 5.74) is 6.08. The van der Waals surface area contributed by atoms with Crippen molar-refractivity contribution in [2.24, 2.45) is 5.73 Å². The average molecular weight is 386 g/mol. The average Bonchev–Trinajstić information content (AvgIpc) is 2.54. The Morgan fingerprint density at radius 2 is 2.00 bits per heavy atom. The molecule has 2 rings (SSSR count). The maximum Gasteiger partial charge on any atom is 0.277 e. The first-order valence-electron chi connectivity index (χ1n) is 7.24. The third-order valence-electron chi connectivity index (χ3n) is 3.51. The minimum absolute atomic E-state index is 0. The molecule has 1 aliphatic rings. The number of nitrogens with two attached hydrogens (primary N) is 1. The molecule has 1 heterocycles. The van der Waals surface area contributed by atoms with Crippen LogP contribution < -0.4 is 11.1 Å². The van der Waals surface area contributed by atoms with Gasteiger partial charge in [-0.05, 0) is 5.56 Å². The summed E-state index contributed by atoms with van der Waals surface area (Å²) in [5, 5.41) is 2.21. The fourth-order valence-electron chi connectivity index (χ4n) is 2.25. The molecule has 1 aromatic rings. The van der Waals surface area contributed by atoms with Gasteiger partial charge in [-0.2, -0.15) is 0 Å². The Labute approximate surface area is 152 Å². The first-order valence-corrected chi connectivity index (χ1v) is 7.24. The number of carbonyl (C=O) groups is 1. The second-order valence-corrected chi connectivity index (χ2v) is 5.36. The van der Waals surface area contributed by atoms with Crippen molar-refractivity contribution >= 4 is 30.7 Å². The van der Waals surface area contributed by atoms with Gasteiger partial charge in [0.15, 0.2) is 0 Å². The van der Waals surface area contributed by atoms with Crippen molar-refractivity contribution in [1.82, 2.24) is 10.2 Å². The van der Waals surface area contributed by atoms with E-state index < -0.39 is 31.0 Å². The van der Waals surface area contributed by atoms with E-state index in [-0.39, 0.29) is 24.8 Å². The quantitative estimate of drug-likeness (QED) is 0.777. The lowest BCUT2D eigenvalue weighted by molar-refractivity contribution is -0.140. The Morgan fingerprint density at radius 3 is 2.62 bits per heavy atom. The third kappa shape index (κ3) is 7.27. The Hall–Kier alpha value is -0.990. The lowest BCUT2D eigenvalue weighted by atomic mass is 10.2. The molecule has 1 amide bonds. The molecule has 1 unspecified atom stereocenters. The number of ether oxygens (including phenoxy) is 1. The van der Waals surface area contributed by atoms with E-state index in [1.807, 2.05) is 30.3 Å². The Morgan fingerprint density at radius 1 is 1.33 bits per heavy atom. The fourth-order valence-corrected chi connectivity index (χ4v) is 2.25. The van der Waals surface area contributed by atoms with Crippen LogP contribution in [-0.2, 0) is 16.1 Å². The van der Waals surface area contributed by atoms with E-state index in [2.05, 4.69) is 10.2 Å². The molecular formula is C15H23Cl2F2N3O2. The highest BCUT2D eigenvalue weighted by atomic mass is 35.5. The highest BCUT2D eigenvalue weighted by Crippen LogP contribution is 2.12. The number of amides is 1. The van der Waals surface area contributed by atoms with Gasteiger partial charge in [0.1, 0.15) is 6.10 Å². The van der Waals surface area contributed by atoms with Gasteiger partial charge in [-0.25, -0.2) is 8.78 Å². The van der Waals surface area contributed by atoms with Gasteiger partial charge < -0.3 is 15.8 Å². The zero-order chi connectivity index (χ0) is 16.0. The monoisotopic (exact) mass is 385 g/mol. The molecule has 1 aromatic carbocycles. The van der Waals surface area contributed by atoms with Crippen LogP contribution in [0.25, 0.3) is 0 Å². The summed E-state index contributed by atoms with van der Waals surface area (Å²) < 4.78 is 31.5. The van der Waals surface area contributed by atoms with E-state index in [9.17, 15) is 13.6 Å². The predicted molar refractivity (Wildman–Crippen MR) is 93.0 cm³/mol. The Bertz CT molecular complexity index is 495. The largest absolute Gasteiger partial charge is 0.366 e. The van der Waals surface area contributed by atoms with E-state index in [0.717, 1.165) is 5.56 Å². The first-order chi connectivity index (χ1) is 10.5. The zero-order valence-corrected chi connectivity index (χ0v) is 14.8. The van der Waals surface area contributed by atoms with Crippen LogP contribution in [0.1, 0.15) is 5.56 Å². The Kier molecular flexibility index (Phi) is 10.3. The normalized spacial score (nSPS) is 18.2. The van der Waals surface area contributed by atoms with Crippen LogP contribution in [-0.4, -0.2) is 55.6 Å². The number of rotatable bonds is 6. The minimum atomic E-state index is -3.09. The summed E-state index contributed by atoms with van der Waals surface area (Å²) in [6, 6.07) is 9.86. The summed E-state index contributed by atoms with van der Waals surface area (Å²) in [4.78, 5) is 14.0. The number of nitrogens with one attached hydrogen (secondary N) is 1. The molecule has 9 heteroatoms. The van der Waals surface area contributed by atoms with Gasteiger partial charge in [-0.15, -0.1) is 24.8 Å². The molecule has 0 radical (unpaired) electrons. The summed E-state index contributed by atoms with van der Waals surface area (Å²) in [6.45, 7) is 0.636. The van der Waals surface area contributed by atoms with Gasteiger partial charge in [0, 0.05) is 19.6 Å². The van der Waals surface area contributed by atoms with E-state index in [1.54, 1.807) is 0 Å². The van der Waals surface area contributed by atoms with Gasteiger partial charge in [0.2, 0.25) is 0 Å². The summed E-state index contributed by atoms with van der Waals surface area (Å²) >= 11 is 0. The van der Waals surface area contributed by atoms with Crippen molar-refractivity contribution in [2.75, 3.05) is 32.8 Å². The van der Waals surface area contributed by atoms with Crippen LogP contribution in [0.2, 0.25) is 0 Å². The lowest BCUT2D eigenvalue weighted by Gasteiger charge is -2.32.